The number of hydrogen-bond donors (Lipinski definition) is 1. The van der Waals surface area contributed by atoms with Crippen LogP contribution in [0.5, 0.6) is 11.5 Å². The Kier molecular flexibility index (Phi) is 4.73. The highest BCUT2D eigenvalue weighted by atomic mass is 16.5. The van der Waals surface area contributed by atoms with Gasteiger partial charge in [0.05, 0.1) is 17.1 Å². The van der Waals surface area contributed by atoms with Gasteiger partial charge in [0.2, 0.25) is 0 Å². The summed E-state index contributed by atoms with van der Waals surface area (Å²) in [5.41, 5.74) is 4.04. The SMILES string of the molecule is O=c1[nH]c(-c2ccc3c(c2)Oc2ccccc2N3C2C[C@H]3CC[C@@H](C2)N3Cc2ccccn2)no1. The zero-order chi connectivity index (χ0) is 23.4. The number of ether oxygens (including phenoxy) is 1. The fourth-order valence-corrected chi connectivity index (χ4v) is 6.07. The number of anilines is 2. The van der Waals surface area contributed by atoms with Crippen LogP contribution in [0.3, 0.4) is 0 Å². The fourth-order valence-electron chi connectivity index (χ4n) is 6.07. The monoisotopic (exact) mass is 467 g/mol. The summed E-state index contributed by atoms with van der Waals surface area (Å²) in [6.07, 6.45) is 6.52. The molecule has 35 heavy (non-hydrogen) atoms. The molecule has 8 heteroatoms. The van der Waals surface area contributed by atoms with Crippen molar-refractivity contribution in [3.63, 3.8) is 0 Å². The molecule has 3 aliphatic heterocycles. The third kappa shape index (κ3) is 3.52. The van der Waals surface area contributed by atoms with Gasteiger partial charge in [0.1, 0.15) is 0 Å². The van der Waals surface area contributed by atoms with E-state index in [1.807, 2.05) is 36.5 Å². The lowest BCUT2D eigenvalue weighted by Crippen LogP contribution is -2.49. The highest BCUT2D eigenvalue weighted by Gasteiger charge is 2.44. The second-order valence-corrected chi connectivity index (χ2v) is 9.57. The van der Waals surface area contributed by atoms with Crippen molar-refractivity contribution in [3.05, 3.63) is 83.1 Å². The van der Waals surface area contributed by atoms with Crippen LogP contribution in [-0.2, 0) is 6.54 Å². The van der Waals surface area contributed by atoms with Crippen LogP contribution in [0, 0.1) is 0 Å². The molecule has 0 radical (unpaired) electrons. The number of pyridine rings is 1. The average Bonchev–Trinajstić information content (AvgIpc) is 3.41. The van der Waals surface area contributed by atoms with Gasteiger partial charge in [-0.2, -0.15) is 0 Å². The first kappa shape index (κ1) is 20.5. The molecule has 2 saturated heterocycles. The highest BCUT2D eigenvalue weighted by molar-refractivity contribution is 5.80. The van der Waals surface area contributed by atoms with E-state index in [0.717, 1.165) is 53.5 Å². The number of benzene rings is 2. The van der Waals surface area contributed by atoms with Gasteiger partial charge < -0.3 is 9.64 Å². The topological polar surface area (TPSA) is 87.5 Å². The molecule has 0 saturated carbocycles. The first-order valence-electron chi connectivity index (χ1n) is 12.1. The number of aromatic nitrogens is 3. The molecule has 1 N–H and O–H groups in total. The molecular formula is C27H25N5O3. The number of rotatable bonds is 4. The minimum atomic E-state index is -0.571. The van der Waals surface area contributed by atoms with Gasteiger partial charge in [-0.15, -0.1) is 0 Å². The molecule has 0 spiro atoms. The molecule has 2 aromatic carbocycles. The van der Waals surface area contributed by atoms with Crippen LogP contribution in [0.2, 0.25) is 0 Å². The van der Waals surface area contributed by atoms with Crippen molar-refractivity contribution < 1.29 is 9.26 Å². The molecule has 1 unspecified atom stereocenters. The van der Waals surface area contributed by atoms with Gasteiger partial charge >= 0.3 is 5.76 Å². The molecule has 3 aliphatic rings. The Morgan fingerprint density at radius 1 is 0.914 bits per heavy atom. The molecule has 0 aliphatic carbocycles. The Morgan fingerprint density at radius 3 is 2.49 bits per heavy atom. The summed E-state index contributed by atoms with van der Waals surface area (Å²) >= 11 is 0. The van der Waals surface area contributed by atoms with E-state index >= 15 is 0 Å². The first-order valence-corrected chi connectivity index (χ1v) is 12.1. The smallest absolute Gasteiger partial charge is 0.439 e. The largest absolute Gasteiger partial charge is 0.453 e. The number of fused-ring (bicyclic) bond motifs is 4. The molecule has 8 nitrogen and oxygen atoms in total. The Morgan fingerprint density at radius 2 is 1.71 bits per heavy atom. The van der Waals surface area contributed by atoms with Gasteiger partial charge in [-0.25, -0.2) is 4.79 Å². The van der Waals surface area contributed by atoms with E-state index in [4.69, 9.17) is 9.26 Å². The molecular weight excluding hydrogens is 442 g/mol. The predicted molar refractivity (Wildman–Crippen MR) is 131 cm³/mol. The summed E-state index contributed by atoms with van der Waals surface area (Å²) in [5.74, 6) is 1.42. The van der Waals surface area contributed by atoms with E-state index in [9.17, 15) is 4.79 Å². The minimum absolute atomic E-state index is 0.369. The second-order valence-electron chi connectivity index (χ2n) is 9.57. The number of hydrogen-bond acceptors (Lipinski definition) is 7. The van der Waals surface area contributed by atoms with Gasteiger partial charge in [0.15, 0.2) is 17.3 Å². The van der Waals surface area contributed by atoms with E-state index in [2.05, 4.69) is 55.3 Å². The third-order valence-corrected chi connectivity index (χ3v) is 7.57. The van der Waals surface area contributed by atoms with Crippen LogP contribution >= 0.6 is 0 Å². The lowest BCUT2D eigenvalue weighted by atomic mass is 9.93. The maximum absolute atomic E-state index is 11.5. The predicted octanol–water partition coefficient (Wildman–Crippen LogP) is 4.86. The summed E-state index contributed by atoms with van der Waals surface area (Å²) in [5, 5.41) is 3.84. The van der Waals surface area contributed by atoms with Crippen LogP contribution in [0.25, 0.3) is 11.4 Å². The zero-order valence-electron chi connectivity index (χ0n) is 19.1. The summed E-state index contributed by atoms with van der Waals surface area (Å²) < 4.78 is 11.0. The normalized spacial score (nSPS) is 23.0. The van der Waals surface area contributed by atoms with E-state index in [1.165, 1.54) is 12.8 Å². The number of nitrogens with zero attached hydrogens (tertiary/aromatic N) is 4. The van der Waals surface area contributed by atoms with Crippen LogP contribution < -0.4 is 15.4 Å². The lowest BCUT2D eigenvalue weighted by molar-refractivity contribution is 0.118. The van der Waals surface area contributed by atoms with Crippen LogP contribution in [0.1, 0.15) is 31.4 Å². The number of aromatic amines is 1. The van der Waals surface area contributed by atoms with E-state index in [1.54, 1.807) is 0 Å². The number of nitrogens with one attached hydrogen (secondary N) is 1. The lowest BCUT2D eigenvalue weighted by Gasteiger charge is -2.45. The molecule has 2 fully saturated rings. The molecule has 4 aromatic rings. The van der Waals surface area contributed by atoms with Crippen molar-refractivity contribution in [2.75, 3.05) is 4.90 Å². The van der Waals surface area contributed by atoms with Gasteiger partial charge in [-0.1, -0.05) is 23.4 Å². The standard InChI is InChI=1S/C27H25N5O3/c33-27-29-26(30-35-27)17-8-11-23-25(13-17)34-24-7-2-1-6-22(24)32(23)21-14-19-9-10-20(15-21)31(19)16-18-5-3-4-12-28-18/h1-8,11-13,19-21H,9-10,14-16H2,(H,29,30,33)/t19-,20+,21?. The van der Waals surface area contributed by atoms with Crippen molar-refractivity contribution in [3.8, 4) is 22.9 Å². The first-order chi connectivity index (χ1) is 17.2. The van der Waals surface area contributed by atoms with Crippen molar-refractivity contribution in [2.45, 2.75) is 50.4 Å². The minimum Gasteiger partial charge on any atom is -0.453 e. The summed E-state index contributed by atoms with van der Waals surface area (Å²) in [7, 11) is 0. The molecule has 2 bridgehead atoms. The highest BCUT2D eigenvalue weighted by Crippen LogP contribution is 2.51. The van der Waals surface area contributed by atoms with E-state index in [-0.39, 0.29) is 0 Å². The van der Waals surface area contributed by atoms with E-state index in [0.29, 0.717) is 23.9 Å². The number of piperidine rings is 1. The second kappa shape index (κ2) is 8.09. The fraction of sp³-hybridized carbons (Fsp3) is 0.296. The van der Waals surface area contributed by atoms with Gasteiger partial charge in [0, 0.05) is 36.4 Å². The molecule has 5 heterocycles. The Labute approximate surface area is 202 Å². The van der Waals surface area contributed by atoms with Crippen molar-refractivity contribution in [2.24, 2.45) is 0 Å². The molecule has 7 rings (SSSR count). The van der Waals surface area contributed by atoms with Crippen molar-refractivity contribution >= 4 is 11.4 Å². The summed E-state index contributed by atoms with van der Waals surface area (Å²) in [4.78, 5) is 23.8. The molecule has 0 amide bonds. The van der Waals surface area contributed by atoms with Crippen LogP contribution in [0.4, 0.5) is 11.4 Å². The number of H-pyrrole nitrogens is 1. The molecule has 3 atom stereocenters. The average molecular weight is 468 g/mol. The molecule has 2 aromatic heterocycles. The molecule has 176 valence electrons. The van der Waals surface area contributed by atoms with Crippen LogP contribution in [-0.4, -0.2) is 38.2 Å². The maximum atomic E-state index is 11.5. The van der Waals surface area contributed by atoms with Crippen LogP contribution in [0.15, 0.2) is 76.2 Å². The summed E-state index contributed by atoms with van der Waals surface area (Å²) in [6, 6.07) is 21.8. The van der Waals surface area contributed by atoms with Crippen molar-refractivity contribution in [1.82, 2.24) is 20.0 Å². The third-order valence-electron chi connectivity index (χ3n) is 7.57. The Bertz CT molecular complexity index is 1420. The Balaban J connectivity index is 1.22. The maximum Gasteiger partial charge on any atom is 0.439 e. The van der Waals surface area contributed by atoms with E-state index < -0.39 is 5.76 Å². The summed E-state index contributed by atoms with van der Waals surface area (Å²) in [6.45, 7) is 0.915. The Hall–Kier alpha value is -3.91. The van der Waals surface area contributed by atoms with Crippen molar-refractivity contribution in [1.29, 1.82) is 0 Å². The van der Waals surface area contributed by atoms with Gasteiger partial charge in [-0.05, 0) is 68.1 Å². The van der Waals surface area contributed by atoms with Gasteiger partial charge in [0.25, 0.3) is 0 Å². The van der Waals surface area contributed by atoms with Gasteiger partial charge in [-0.3, -0.25) is 19.4 Å². The number of para-hydroxylation sites is 2. The zero-order valence-corrected chi connectivity index (χ0v) is 19.1. The quantitative estimate of drug-likeness (QED) is 0.458.